The van der Waals surface area contributed by atoms with Crippen molar-refractivity contribution in [3.63, 3.8) is 0 Å². The van der Waals surface area contributed by atoms with Gasteiger partial charge in [0.1, 0.15) is 0 Å². The lowest BCUT2D eigenvalue weighted by atomic mass is 9.87. The minimum Gasteiger partial charge on any atom is -0.393 e. The molecule has 0 radical (unpaired) electrons. The Morgan fingerprint density at radius 2 is 1.92 bits per heavy atom. The predicted molar refractivity (Wildman–Crippen MR) is 52.0 cm³/mol. The molecule has 2 atom stereocenters. The van der Waals surface area contributed by atoms with E-state index in [0.29, 0.717) is 12.3 Å². The second-order valence-electron chi connectivity index (χ2n) is 4.08. The molecule has 2 unspecified atom stereocenters. The van der Waals surface area contributed by atoms with Crippen LogP contribution in [0, 0.1) is 17.2 Å². The monoisotopic (exact) mass is 181 g/mol. The third kappa shape index (κ3) is 4.28. The van der Waals surface area contributed by atoms with Crippen LogP contribution in [0.15, 0.2) is 0 Å². The molecule has 1 aliphatic rings. The van der Waals surface area contributed by atoms with Gasteiger partial charge in [-0.25, -0.2) is 0 Å². The summed E-state index contributed by atoms with van der Waals surface area (Å²) in [5.74, 6) is 0.689. The minimum atomic E-state index is -0.0788. The van der Waals surface area contributed by atoms with Crippen molar-refractivity contribution < 1.29 is 5.11 Å². The summed E-state index contributed by atoms with van der Waals surface area (Å²) in [4.78, 5) is 0. The Hall–Kier alpha value is -0.550. The van der Waals surface area contributed by atoms with E-state index in [1.807, 2.05) is 0 Å². The van der Waals surface area contributed by atoms with E-state index < -0.39 is 0 Å². The summed E-state index contributed by atoms with van der Waals surface area (Å²) < 4.78 is 0. The molecule has 1 saturated carbocycles. The quantitative estimate of drug-likeness (QED) is 0.711. The summed E-state index contributed by atoms with van der Waals surface area (Å²) in [6.07, 6.45) is 8.31. The zero-order valence-corrected chi connectivity index (χ0v) is 8.21. The molecule has 0 aromatic rings. The van der Waals surface area contributed by atoms with Gasteiger partial charge in [0.2, 0.25) is 0 Å². The molecule has 0 aromatic heterocycles. The van der Waals surface area contributed by atoms with E-state index in [0.717, 1.165) is 32.1 Å². The van der Waals surface area contributed by atoms with Crippen molar-refractivity contribution in [1.82, 2.24) is 0 Å². The highest BCUT2D eigenvalue weighted by molar-refractivity contribution is 4.74. The third-order valence-electron chi connectivity index (χ3n) is 2.97. The number of aliphatic hydroxyl groups excluding tert-OH is 1. The van der Waals surface area contributed by atoms with Crippen LogP contribution in [0.25, 0.3) is 0 Å². The minimum absolute atomic E-state index is 0.0788. The molecule has 0 aliphatic heterocycles. The van der Waals surface area contributed by atoms with Gasteiger partial charge in [-0.15, -0.1) is 0 Å². The van der Waals surface area contributed by atoms with Gasteiger partial charge >= 0.3 is 0 Å². The molecule has 1 aliphatic carbocycles. The van der Waals surface area contributed by atoms with Crippen molar-refractivity contribution in [3.05, 3.63) is 0 Å². The lowest BCUT2D eigenvalue weighted by Gasteiger charge is -2.21. The highest BCUT2D eigenvalue weighted by Gasteiger charge is 2.14. The lowest BCUT2D eigenvalue weighted by molar-refractivity contribution is 0.130. The SMILES string of the molecule is N#CCCC1CCCCC(O)CC1. The van der Waals surface area contributed by atoms with Crippen LogP contribution in [-0.2, 0) is 0 Å². The molecule has 13 heavy (non-hydrogen) atoms. The first-order valence-electron chi connectivity index (χ1n) is 5.38. The lowest BCUT2D eigenvalue weighted by Crippen LogP contribution is -2.13. The fourth-order valence-electron chi connectivity index (χ4n) is 2.09. The summed E-state index contributed by atoms with van der Waals surface area (Å²) in [7, 11) is 0. The van der Waals surface area contributed by atoms with Gasteiger partial charge < -0.3 is 5.11 Å². The van der Waals surface area contributed by atoms with Crippen LogP contribution in [0.2, 0.25) is 0 Å². The zero-order chi connectivity index (χ0) is 9.52. The van der Waals surface area contributed by atoms with Crippen molar-refractivity contribution in [2.24, 2.45) is 5.92 Å². The fourth-order valence-corrected chi connectivity index (χ4v) is 2.09. The fraction of sp³-hybridized carbons (Fsp3) is 0.909. The second kappa shape index (κ2) is 5.99. The van der Waals surface area contributed by atoms with Crippen LogP contribution in [0.3, 0.4) is 0 Å². The van der Waals surface area contributed by atoms with E-state index in [9.17, 15) is 5.11 Å². The van der Waals surface area contributed by atoms with Crippen LogP contribution < -0.4 is 0 Å². The van der Waals surface area contributed by atoms with Gasteiger partial charge in [0.05, 0.1) is 12.2 Å². The normalized spacial score (nSPS) is 30.2. The van der Waals surface area contributed by atoms with E-state index in [4.69, 9.17) is 5.26 Å². The van der Waals surface area contributed by atoms with E-state index >= 15 is 0 Å². The maximum absolute atomic E-state index is 9.49. The molecule has 0 heterocycles. The largest absolute Gasteiger partial charge is 0.393 e. The van der Waals surface area contributed by atoms with Crippen LogP contribution in [0.5, 0.6) is 0 Å². The number of hydrogen-bond donors (Lipinski definition) is 1. The molecule has 74 valence electrons. The first-order valence-corrected chi connectivity index (χ1v) is 5.38. The average molecular weight is 181 g/mol. The summed E-state index contributed by atoms with van der Waals surface area (Å²) in [6.45, 7) is 0. The Morgan fingerprint density at radius 1 is 1.15 bits per heavy atom. The van der Waals surface area contributed by atoms with E-state index in [-0.39, 0.29) is 6.10 Å². The van der Waals surface area contributed by atoms with Crippen molar-refractivity contribution in [2.75, 3.05) is 0 Å². The molecule has 0 spiro atoms. The Morgan fingerprint density at radius 3 is 2.69 bits per heavy atom. The zero-order valence-electron chi connectivity index (χ0n) is 8.21. The Bertz CT molecular complexity index is 173. The predicted octanol–water partition coefficient (Wildman–Crippen LogP) is 2.62. The van der Waals surface area contributed by atoms with Crippen LogP contribution >= 0.6 is 0 Å². The van der Waals surface area contributed by atoms with Crippen molar-refractivity contribution in [2.45, 2.75) is 57.5 Å². The number of rotatable bonds is 2. The maximum Gasteiger partial charge on any atom is 0.0621 e. The Kier molecular flexibility index (Phi) is 4.85. The first-order chi connectivity index (χ1) is 6.33. The van der Waals surface area contributed by atoms with E-state index in [2.05, 4.69) is 6.07 Å². The van der Waals surface area contributed by atoms with Crippen molar-refractivity contribution >= 4 is 0 Å². The molecule has 2 heteroatoms. The summed E-state index contributed by atoms with van der Waals surface area (Å²) >= 11 is 0. The highest BCUT2D eigenvalue weighted by Crippen LogP contribution is 2.25. The molecule has 0 bridgehead atoms. The molecule has 1 N–H and O–H groups in total. The number of nitrogens with zero attached hydrogens (tertiary/aromatic N) is 1. The smallest absolute Gasteiger partial charge is 0.0621 e. The second-order valence-corrected chi connectivity index (χ2v) is 4.08. The first kappa shape index (κ1) is 10.5. The molecular weight excluding hydrogens is 162 g/mol. The van der Waals surface area contributed by atoms with Gasteiger partial charge in [-0.2, -0.15) is 5.26 Å². The van der Waals surface area contributed by atoms with Gasteiger partial charge in [-0.1, -0.05) is 19.3 Å². The van der Waals surface area contributed by atoms with E-state index in [1.165, 1.54) is 12.8 Å². The maximum atomic E-state index is 9.49. The van der Waals surface area contributed by atoms with Crippen molar-refractivity contribution in [3.8, 4) is 6.07 Å². The summed E-state index contributed by atoms with van der Waals surface area (Å²) in [6, 6.07) is 2.20. The standard InChI is InChI=1S/C11H19NO/c12-9-3-5-10-4-1-2-6-11(13)8-7-10/h10-11,13H,1-8H2. The Labute approximate surface area is 80.6 Å². The number of nitriles is 1. The average Bonchev–Trinajstić information content (AvgIpc) is 2.11. The van der Waals surface area contributed by atoms with Crippen LogP contribution in [-0.4, -0.2) is 11.2 Å². The molecular formula is C11H19NO. The summed E-state index contributed by atoms with van der Waals surface area (Å²) in [5.41, 5.74) is 0. The van der Waals surface area contributed by atoms with E-state index in [1.54, 1.807) is 0 Å². The molecule has 1 rings (SSSR count). The van der Waals surface area contributed by atoms with Crippen LogP contribution in [0.1, 0.15) is 51.4 Å². The van der Waals surface area contributed by atoms with Gasteiger partial charge in [0, 0.05) is 6.42 Å². The van der Waals surface area contributed by atoms with Crippen molar-refractivity contribution in [1.29, 1.82) is 5.26 Å². The number of hydrogen-bond acceptors (Lipinski definition) is 2. The van der Waals surface area contributed by atoms with Gasteiger partial charge in [-0.05, 0) is 31.6 Å². The third-order valence-corrected chi connectivity index (χ3v) is 2.97. The molecule has 0 aromatic carbocycles. The molecule has 1 fully saturated rings. The Balaban J connectivity index is 2.24. The topological polar surface area (TPSA) is 44.0 Å². The van der Waals surface area contributed by atoms with Gasteiger partial charge in [0.15, 0.2) is 0 Å². The highest BCUT2D eigenvalue weighted by atomic mass is 16.3. The van der Waals surface area contributed by atoms with Gasteiger partial charge in [0.25, 0.3) is 0 Å². The molecule has 2 nitrogen and oxygen atoms in total. The number of aliphatic hydroxyl groups is 1. The summed E-state index contributed by atoms with van der Waals surface area (Å²) in [5, 5.41) is 18.0. The van der Waals surface area contributed by atoms with Gasteiger partial charge in [-0.3, -0.25) is 0 Å². The molecule has 0 saturated heterocycles. The van der Waals surface area contributed by atoms with Crippen LogP contribution in [0.4, 0.5) is 0 Å². The molecule has 0 amide bonds.